The van der Waals surface area contributed by atoms with Gasteiger partial charge in [-0.05, 0) is 55.5 Å². The number of hydrogen-bond donors (Lipinski definition) is 1. The van der Waals surface area contributed by atoms with Crippen LogP contribution in [0, 0.1) is 19.8 Å². The first-order valence-electron chi connectivity index (χ1n) is 17.9. The molecule has 0 saturated heterocycles. The number of benzene rings is 2. The highest BCUT2D eigenvalue weighted by Crippen LogP contribution is 2.34. The van der Waals surface area contributed by atoms with Gasteiger partial charge in [0.2, 0.25) is 17.5 Å². The van der Waals surface area contributed by atoms with Crippen molar-refractivity contribution in [1.29, 1.82) is 0 Å². The zero-order valence-electron chi connectivity index (χ0n) is 31.0. The van der Waals surface area contributed by atoms with Crippen molar-refractivity contribution in [1.82, 2.24) is 24.8 Å². The molecule has 52 heavy (non-hydrogen) atoms. The van der Waals surface area contributed by atoms with Crippen LogP contribution < -0.4 is 9.46 Å². The van der Waals surface area contributed by atoms with Gasteiger partial charge in [-0.2, -0.15) is 4.98 Å². The topological polar surface area (TPSA) is 140 Å². The fraction of sp³-hybridized carbons (Fsp3) is 0.410. The van der Waals surface area contributed by atoms with Crippen LogP contribution in [0.3, 0.4) is 0 Å². The van der Waals surface area contributed by atoms with Crippen LogP contribution in [-0.4, -0.2) is 51.8 Å². The molecule has 1 amide bonds. The van der Waals surface area contributed by atoms with Crippen LogP contribution in [-0.2, 0) is 23.0 Å². The Balaban J connectivity index is 0.00000122. The molecule has 3 aromatic heterocycles. The van der Waals surface area contributed by atoms with E-state index in [4.69, 9.17) is 14.1 Å². The molecule has 1 aliphatic heterocycles. The lowest BCUT2D eigenvalue weighted by Gasteiger charge is -2.36. The van der Waals surface area contributed by atoms with Gasteiger partial charge in [0.15, 0.2) is 0 Å². The number of rotatable bonds is 6. The SMILES string of the molecule is CC.CC.CCc1cc2nc(CN3C(=O)c4cccc(c4)S(=O)(=O)Nc4nc(cc(-c5c(C)cccc5C)n4)OCC3CC3CCC3)cnc2o1.F.[HH]. The molecule has 4 heterocycles. The molecule has 4 bridgehead atoms. The van der Waals surface area contributed by atoms with Gasteiger partial charge < -0.3 is 14.1 Å². The van der Waals surface area contributed by atoms with Crippen LogP contribution in [0.2, 0.25) is 0 Å². The zero-order valence-corrected chi connectivity index (χ0v) is 31.8. The second kappa shape index (κ2) is 17.5. The summed E-state index contributed by atoms with van der Waals surface area (Å²) in [7, 11) is -4.16. The van der Waals surface area contributed by atoms with E-state index < -0.39 is 10.0 Å². The number of carbonyl (C=O) groups is 1. The van der Waals surface area contributed by atoms with Crippen LogP contribution in [0.5, 0.6) is 5.88 Å². The Kier molecular flexibility index (Phi) is 13.4. The van der Waals surface area contributed by atoms with Crippen LogP contribution in [0.4, 0.5) is 10.7 Å². The molecule has 2 aliphatic rings. The van der Waals surface area contributed by atoms with Crippen molar-refractivity contribution in [3.63, 3.8) is 0 Å². The van der Waals surface area contributed by atoms with E-state index in [1.54, 1.807) is 29.3 Å². The number of furan rings is 1. The molecular formula is C39H51FN6O5S. The van der Waals surface area contributed by atoms with Crippen LogP contribution in [0.15, 0.2) is 70.1 Å². The first kappa shape index (κ1) is 39.9. The normalized spacial score (nSPS) is 16.5. The minimum Gasteiger partial charge on any atom is -0.475 e. The van der Waals surface area contributed by atoms with Crippen molar-refractivity contribution in [2.75, 3.05) is 11.3 Å². The summed E-state index contributed by atoms with van der Waals surface area (Å²) < 4.78 is 42.0. The van der Waals surface area contributed by atoms with E-state index in [-0.39, 0.29) is 53.5 Å². The number of carbonyl (C=O) groups excluding carboxylic acids is 1. The lowest BCUT2D eigenvalue weighted by atomic mass is 9.80. The molecule has 11 nitrogen and oxygen atoms in total. The summed E-state index contributed by atoms with van der Waals surface area (Å²) in [5.74, 6) is 0.982. The summed E-state index contributed by atoms with van der Waals surface area (Å²) >= 11 is 0. The number of halogens is 1. The molecule has 13 heteroatoms. The standard InChI is InChI=1S/C35H36N6O5S.2C2H6.FH.H2/c1-4-27-16-30-33(46-27)36-18-25(37-30)19-41-26(14-23-10-6-11-23)20-45-31-17-29(32-21(2)8-5-9-22(32)3)38-35(39-31)40-47(43,44)28-13-7-12-24(15-28)34(41)42;2*1-2;;/h5,7-9,12-13,15-18,23,26H,4,6,10-11,14,19-20H2,1-3H3,(H,38,39,40);2*1-2H3;2*1H. The number of aryl methyl sites for hydroxylation is 3. The van der Waals surface area contributed by atoms with Crippen molar-refractivity contribution >= 4 is 33.1 Å². The number of nitrogens with zero attached hydrogens (tertiary/aromatic N) is 5. The monoisotopic (exact) mass is 734 g/mol. The lowest BCUT2D eigenvalue weighted by molar-refractivity contribution is 0.0508. The fourth-order valence-corrected chi connectivity index (χ4v) is 7.30. The molecule has 0 radical (unpaired) electrons. The smallest absolute Gasteiger partial charge is 0.264 e. The highest BCUT2D eigenvalue weighted by molar-refractivity contribution is 7.92. The summed E-state index contributed by atoms with van der Waals surface area (Å²) in [6, 6.07) is 15.2. The van der Waals surface area contributed by atoms with E-state index in [0.29, 0.717) is 41.4 Å². The molecule has 1 N–H and O–H groups in total. The molecule has 1 saturated carbocycles. The van der Waals surface area contributed by atoms with E-state index in [9.17, 15) is 13.2 Å². The van der Waals surface area contributed by atoms with Gasteiger partial charge in [-0.3, -0.25) is 9.50 Å². The third-order valence-corrected chi connectivity index (χ3v) is 10.4. The van der Waals surface area contributed by atoms with Crippen molar-refractivity contribution in [2.45, 2.75) is 98.1 Å². The summed E-state index contributed by atoms with van der Waals surface area (Å²) in [4.78, 5) is 34.4. The fourth-order valence-electron chi connectivity index (χ4n) is 6.31. The van der Waals surface area contributed by atoms with E-state index in [1.165, 1.54) is 12.1 Å². The van der Waals surface area contributed by atoms with Crippen molar-refractivity contribution in [3.05, 3.63) is 88.9 Å². The van der Waals surface area contributed by atoms with E-state index in [1.807, 2.05) is 72.7 Å². The maximum Gasteiger partial charge on any atom is 0.264 e. The summed E-state index contributed by atoms with van der Waals surface area (Å²) in [5.41, 5.74) is 5.26. The molecule has 1 atom stereocenters. The molecule has 1 fully saturated rings. The zero-order chi connectivity index (χ0) is 36.7. The number of ether oxygens (including phenoxy) is 1. The van der Waals surface area contributed by atoms with Crippen LogP contribution in [0.1, 0.15) is 94.7 Å². The third-order valence-electron chi connectivity index (χ3n) is 9.03. The average Bonchev–Trinajstić information content (AvgIpc) is 3.54. The Hall–Kier alpha value is -4.91. The maximum absolute atomic E-state index is 14.4. The predicted octanol–water partition coefficient (Wildman–Crippen LogP) is 8.70. The highest BCUT2D eigenvalue weighted by atomic mass is 32.2. The van der Waals surface area contributed by atoms with Gasteiger partial charge in [0.1, 0.15) is 17.9 Å². The molecule has 0 spiro atoms. The Bertz CT molecular complexity index is 2090. The number of nitrogens with one attached hydrogen (secondary N) is 1. The Labute approximate surface area is 307 Å². The van der Waals surface area contributed by atoms with Crippen LogP contribution >= 0.6 is 0 Å². The first-order chi connectivity index (χ1) is 24.7. The molecule has 280 valence electrons. The summed E-state index contributed by atoms with van der Waals surface area (Å²) in [6.07, 6.45) is 6.35. The molecular weight excluding hydrogens is 684 g/mol. The van der Waals surface area contributed by atoms with Gasteiger partial charge in [-0.15, -0.1) is 0 Å². The third kappa shape index (κ3) is 8.75. The number of sulfonamides is 1. The van der Waals surface area contributed by atoms with E-state index in [0.717, 1.165) is 41.7 Å². The molecule has 7 rings (SSSR count). The van der Waals surface area contributed by atoms with Gasteiger partial charge in [0, 0.05) is 31.1 Å². The Morgan fingerprint density at radius 3 is 2.35 bits per heavy atom. The molecule has 5 aromatic rings. The number of amides is 1. The molecule has 2 aromatic carbocycles. The van der Waals surface area contributed by atoms with Crippen molar-refractivity contribution < 1.29 is 28.5 Å². The number of fused-ring (bicyclic) bond motifs is 5. The Morgan fingerprint density at radius 1 is 0.962 bits per heavy atom. The van der Waals surface area contributed by atoms with E-state index in [2.05, 4.69) is 19.7 Å². The minimum atomic E-state index is -4.16. The number of hydrogen-bond acceptors (Lipinski definition) is 9. The van der Waals surface area contributed by atoms with Gasteiger partial charge in [-0.1, -0.05) is 78.1 Å². The lowest BCUT2D eigenvalue weighted by Crippen LogP contribution is -2.45. The second-order valence-electron chi connectivity index (χ2n) is 12.4. The van der Waals surface area contributed by atoms with Gasteiger partial charge >= 0.3 is 0 Å². The van der Waals surface area contributed by atoms with Crippen molar-refractivity contribution in [3.8, 4) is 17.1 Å². The number of anilines is 1. The quantitative estimate of drug-likeness (QED) is 0.181. The Morgan fingerprint density at radius 2 is 1.67 bits per heavy atom. The second-order valence-corrected chi connectivity index (χ2v) is 14.0. The largest absolute Gasteiger partial charge is 0.475 e. The molecule has 1 unspecified atom stereocenters. The van der Waals surface area contributed by atoms with Gasteiger partial charge in [-0.25, -0.2) is 28.1 Å². The van der Waals surface area contributed by atoms with Crippen LogP contribution in [0.25, 0.3) is 22.5 Å². The number of aromatic nitrogens is 4. The average molecular weight is 735 g/mol. The molecule has 1 aliphatic carbocycles. The minimum absolute atomic E-state index is 0. The predicted molar refractivity (Wildman–Crippen MR) is 204 cm³/mol. The first-order valence-corrected chi connectivity index (χ1v) is 19.4. The van der Waals surface area contributed by atoms with E-state index >= 15 is 0 Å². The highest BCUT2D eigenvalue weighted by Gasteiger charge is 2.32. The van der Waals surface area contributed by atoms with Crippen molar-refractivity contribution in [2.24, 2.45) is 5.92 Å². The van der Waals surface area contributed by atoms with Gasteiger partial charge in [0.05, 0.1) is 35.1 Å². The van der Waals surface area contributed by atoms with Gasteiger partial charge in [0.25, 0.3) is 15.9 Å². The summed E-state index contributed by atoms with van der Waals surface area (Å²) in [5, 5.41) is 0. The maximum atomic E-state index is 14.4. The summed E-state index contributed by atoms with van der Waals surface area (Å²) in [6.45, 7) is 14.2.